The van der Waals surface area contributed by atoms with Gasteiger partial charge in [-0.25, -0.2) is 18.6 Å². The molecule has 0 aliphatic heterocycles. The van der Waals surface area contributed by atoms with Crippen LogP contribution in [0, 0.1) is 17.6 Å². The van der Waals surface area contributed by atoms with Crippen LogP contribution in [0.3, 0.4) is 0 Å². The molecule has 0 spiro atoms. The molecular formula is C20H23F2N3O3S2. The van der Waals surface area contributed by atoms with Gasteiger partial charge < -0.3 is 5.11 Å². The van der Waals surface area contributed by atoms with Crippen molar-refractivity contribution in [2.75, 3.05) is 16.8 Å². The van der Waals surface area contributed by atoms with Crippen molar-refractivity contribution in [1.82, 2.24) is 4.98 Å². The second kappa shape index (κ2) is 9.30. The molecule has 0 bridgehead atoms. The Bertz CT molecular complexity index is 930. The average Bonchev–Trinajstić information content (AvgIpc) is 3.32. The summed E-state index contributed by atoms with van der Waals surface area (Å²) >= 11 is 2.27. The molecule has 0 unspecified atom stereocenters. The van der Waals surface area contributed by atoms with Crippen LogP contribution in [0.2, 0.25) is 0 Å². The molecule has 10 heteroatoms. The smallest absolute Gasteiger partial charge is 0.328 e. The normalized spacial score (nSPS) is 14.7. The summed E-state index contributed by atoms with van der Waals surface area (Å²) in [5.74, 6) is -2.22. The van der Waals surface area contributed by atoms with Gasteiger partial charge in [-0.15, -0.1) is 0 Å². The number of hydrogen-bond acceptors (Lipinski definition) is 5. The first-order valence-corrected chi connectivity index (χ1v) is 11.2. The van der Waals surface area contributed by atoms with E-state index in [1.54, 1.807) is 13.8 Å². The van der Waals surface area contributed by atoms with Crippen LogP contribution >= 0.6 is 23.1 Å². The van der Waals surface area contributed by atoms with Crippen molar-refractivity contribution in [2.45, 2.75) is 48.5 Å². The maximum atomic E-state index is 14.4. The van der Waals surface area contributed by atoms with Crippen LogP contribution in [-0.4, -0.2) is 33.4 Å². The Hall–Kier alpha value is -2.20. The minimum absolute atomic E-state index is 0.0129. The summed E-state index contributed by atoms with van der Waals surface area (Å²) in [6, 6.07) is 2.59. The van der Waals surface area contributed by atoms with E-state index in [-0.39, 0.29) is 16.7 Å². The molecule has 1 fully saturated rings. The largest absolute Gasteiger partial charge is 0.480 e. The molecule has 0 saturated heterocycles. The summed E-state index contributed by atoms with van der Waals surface area (Å²) in [6.45, 7) is 3.49. The van der Waals surface area contributed by atoms with Crippen LogP contribution in [0.4, 0.5) is 24.4 Å². The fourth-order valence-electron chi connectivity index (χ4n) is 3.26. The van der Waals surface area contributed by atoms with Crippen LogP contribution in [0.5, 0.6) is 0 Å². The van der Waals surface area contributed by atoms with E-state index in [1.165, 1.54) is 17.2 Å². The Morgan fingerprint density at radius 3 is 2.67 bits per heavy atom. The molecular weight excluding hydrogens is 432 g/mol. The van der Waals surface area contributed by atoms with Crippen molar-refractivity contribution in [3.05, 3.63) is 36.0 Å². The van der Waals surface area contributed by atoms with Crippen LogP contribution in [0.1, 0.15) is 39.5 Å². The molecule has 1 saturated carbocycles. The van der Waals surface area contributed by atoms with Gasteiger partial charge in [0, 0.05) is 12.6 Å². The molecule has 1 aliphatic rings. The van der Waals surface area contributed by atoms with Crippen molar-refractivity contribution in [3.8, 4) is 0 Å². The first-order chi connectivity index (χ1) is 14.2. The monoisotopic (exact) mass is 455 g/mol. The van der Waals surface area contributed by atoms with Gasteiger partial charge in [0.05, 0.1) is 16.1 Å². The molecule has 3 rings (SSSR count). The number of urea groups is 1. The lowest BCUT2D eigenvalue weighted by Crippen LogP contribution is -2.38. The number of thiazole rings is 1. The van der Waals surface area contributed by atoms with Crippen molar-refractivity contribution < 1.29 is 23.5 Å². The summed E-state index contributed by atoms with van der Waals surface area (Å²) in [5, 5.41) is 12.2. The molecule has 0 atom stereocenters. The zero-order chi connectivity index (χ0) is 21.9. The Morgan fingerprint density at radius 2 is 2.03 bits per heavy atom. The van der Waals surface area contributed by atoms with Gasteiger partial charge in [0.15, 0.2) is 5.13 Å². The third kappa shape index (κ3) is 5.48. The highest BCUT2D eigenvalue weighted by Crippen LogP contribution is 2.38. The number of thioether (sulfide) groups is 1. The van der Waals surface area contributed by atoms with Crippen molar-refractivity contribution >= 4 is 45.9 Å². The number of nitrogens with one attached hydrogen (secondary N) is 1. The van der Waals surface area contributed by atoms with Crippen molar-refractivity contribution in [2.24, 2.45) is 5.92 Å². The summed E-state index contributed by atoms with van der Waals surface area (Å²) in [4.78, 5) is 29.7. The average molecular weight is 456 g/mol. The van der Waals surface area contributed by atoms with Gasteiger partial charge in [0.25, 0.3) is 0 Å². The maximum Gasteiger partial charge on any atom is 0.328 e. The lowest BCUT2D eigenvalue weighted by Gasteiger charge is -2.26. The van der Waals surface area contributed by atoms with Gasteiger partial charge in [-0.3, -0.25) is 15.0 Å². The standard InChI is InChI=1S/C20H23F2N3O3S2/c1-20(2,17(26)27)30-16-10-23-18(29-16)24-19(28)25(11-12-5-3-4-6-12)15-8-7-13(21)9-14(15)22/h7-10,12H,3-6,11H2,1-2H3,(H,26,27)(H,23,24,28). The van der Waals surface area contributed by atoms with E-state index in [0.29, 0.717) is 10.8 Å². The van der Waals surface area contributed by atoms with E-state index < -0.39 is 28.4 Å². The highest BCUT2D eigenvalue weighted by atomic mass is 32.2. The minimum Gasteiger partial charge on any atom is -0.480 e. The Balaban J connectivity index is 1.77. The zero-order valence-corrected chi connectivity index (χ0v) is 18.3. The zero-order valence-electron chi connectivity index (χ0n) is 16.7. The number of nitrogens with zero attached hydrogens (tertiary/aromatic N) is 2. The number of carbonyl (C=O) groups excluding carboxylic acids is 1. The number of halogens is 2. The molecule has 1 aromatic heterocycles. The number of hydrogen-bond donors (Lipinski definition) is 2. The second-order valence-electron chi connectivity index (χ2n) is 7.69. The molecule has 2 aromatic rings. The molecule has 2 N–H and O–H groups in total. The summed E-state index contributed by atoms with van der Waals surface area (Å²) in [6.07, 6.45) is 5.54. The van der Waals surface area contributed by atoms with E-state index in [2.05, 4.69) is 10.3 Å². The predicted molar refractivity (Wildman–Crippen MR) is 114 cm³/mol. The number of aromatic nitrogens is 1. The SMILES string of the molecule is CC(C)(Sc1cnc(NC(=O)N(CC2CCCC2)c2ccc(F)cc2F)s1)C(=O)O. The van der Waals surface area contributed by atoms with E-state index in [4.69, 9.17) is 0 Å². The third-order valence-corrected chi connectivity index (χ3v) is 7.13. The van der Waals surface area contributed by atoms with E-state index in [1.807, 2.05) is 0 Å². The molecule has 30 heavy (non-hydrogen) atoms. The van der Waals surface area contributed by atoms with E-state index in [9.17, 15) is 23.5 Å². The molecule has 162 valence electrons. The van der Waals surface area contributed by atoms with Crippen molar-refractivity contribution in [3.63, 3.8) is 0 Å². The number of rotatable bonds is 7. The van der Waals surface area contributed by atoms with Gasteiger partial charge in [-0.1, -0.05) is 35.9 Å². The minimum atomic E-state index is -1.04. The van der Waals surface area contributed by atoms with Crippen LogP contribution in [0.25, 0.3) is 0 Å². The van der Waals surface area contributed by atoms with Gasteiger partial charge in [0.1, 0.15) is 16.4 Å². The summed E-state index contributed by atoms with van der Waals surface area (Å²) in [5.41, 5.74) is 0.0129. The topological polar surface area (TPSA) is 82.5 Å². The van der Waals surface area contributed by atoms with Gasteiger partial charge >= 0.3 is 12.0 Å². The number of carboxylic acids is 1. The molecule has 1 aromatic carbocycles. The van der Waals surface area contributed by atoms with Crippen LogP contribution in [0.15, 0.2) is 28.6 Å². The number of carboxylic acid groups (broad SMARTS) is 1. The Kier molecular flexibility index (Phi) is 6.97. The summed E-state index contributed by atoms with van der Waals surface area (Å²) < 4.78 is 27.3. The van der Waals surface area contributed by atoms with Gasteiger partial charge in [-0.05, 0) is 44.7 Å². The first kappa shape index (κ1) is 22.5. The highest BCUT2D eigenvalue weighted by Gasteiger charge is 2.30. The predicted octanol–water partition coefficient (Wildman–Crippen LogP) is 5.61. The quantitative estimate of drug-likeness (QED) is 0.531. The first-order valence-electron chi connectivity index (χ1n) is 9.57. The van der Waals surface area contributed by atoms with Gasteiger partial charge in [-0.2, -0.15) is 0 Å². The van der Waals surface area contributed by atoms with E-state index >= 15 is 0 Å². The number of amides is 2. The molecule has 0 radical (unpaired) electrons. The lowest BCUT2D eigenvalue weighted by atomic mass is 10.1. The number of carbonyl (C=O) groups is 2. The van der Waals surface area contributed by atoms with Crippen LogP contribution < -0.4 is 10.2 Å². The van der Waals surface area contributed by atoms with Gasteiger partial charge in [0.2, 0.25) is 0 Å². The second-order valence-corrected chi connectivity index (χ2v) is 10.6. The van der Waals surface area contributed by atoms with Crippen LogP contribution in [-0.2, 0) is 4.79 Å². The molecule has 6 nitrogen and oxygen atoms in total. The maximum absolute atomic E-state index is 14.4. The molecule has 2 amide bonds. The number of anilines is 2. The number of aliphatic carboxylic acids is 1. The Labute approximate surface area is 181 Å². The lowest BCUT2D eigenvalue weighted by molar-refractivity contribution is -0.138. The third-order valence-electron chi connectivity index (χ3n) is 4.93. The fourth-order valence-corrected chi connectivity index (χ4v) is 5.52. The Morgan fingerprint density at radius 1 is 1.33 bits per heavy atom. The summed E-state index contributed by atoms with van der Waals surface area (Å²) in [7, 11) is 0. The van der Waals surface area contributed by atoms with E-state index in [0.717, 1.165) is 60.9 Å². The highest BCUT2D eigenvalue weighted by molar-refractivity contribution is 8.03. The molecule has 1 aliphatic carbocycles. The molecule has 1 heterocycles. The number of benzene rings is 1. The van der Waals surface area contributed by atoms with Crippen molar-refractivity contribution in [1.29, 1.82) is 0 Å². The fraction of sp³-hybridized carbons (Fsp3) is 0.450.